The zero-order valence-corrected chi connectivity index (χ0v) is 11.0. The standard InChI is InChI=1S/C14H18N4O/c1-18-9-17-12-6-10(2-5-13(12)18)7-16-14(19)8-15-11-3-4-11/h2,5-6,9,11,15H,3-4,7-8H2,1H3,(H,16,19). The molecule has 0 unspecified atom stereocenters. The molecular weight excluding hydrogens is 240 g/mol. The summed E-state index contributed by atoms with van der Waals surface area (Å²) in [6.45, 7) is 0.966. The molecule has 0 radical (unpaired) electrons. The highest BCUT2D eigenvalue weighted by Gasteiger charge is 2.20. The van der Waals surface area contributed by atoms with Crippen molar-refractivity contribution in [3.8, 4) is 0 Å². The number of nitrogens with one attached hydrogen (secondary N) is 2. The van der Waals surface area contributed by atoms with Gasteiger partial charge in [-0.2, -0.15) is 0 Å². The molecule has 2 aromatic rings. The van der Waals surface area contributed by atoms with Crippen LogP contribution in [0.3, 0.4) is 0 Å². The van der Waals surface area contributed by atoms with Gasteiger partial charge in [-0.05, 0) is 30.5 Å². The Morgan fingerprint density at radius 3 is 3.11 bits per heavy atom. The van der Waals surface area contributed by atoms with Crippen LogP contribution in [0.2, 0.25) is 0 Å². The monoisotopic (exact) mass is 258 g/mol. The number of aryl methyl sites for hydroxylation is 1. The third-order valence-corrected chi connectivity index (χ3v) is 3.41. The van der Waals surface area contributed by atoms with Gasteiger partial charge in [0.15, 0.2) is 0 Å². The molecule has 1 amide bonds. The molecule has 5 nitrogen and oxygen atoms in total. The maximum atomic E-state index is 11.6. The topological polar surface area (TPSA) is 59.0 Å². The molecule has 1 aromatic carbocycles. The van der Waals surface area contributed by atoms with E-state index < -0.39 is 0 Å². The van der Waals surface area contributed by atoms with Gasteiger partial charge in [0.2, 0.25) is 5.91 Å². The maximum absolute atomic E-state index is 11.6. The zero-order chi connectivity index (χ0) is 13.2. The van der Waals surface area contributed by atoms with E-state index in [4.69, 9.17) is 0 Å². The van der Waals surface area contributed by atoms with E-state index in [0.717, 1.165) is 16.6 Å². The van der Waals surface area contributed by atoms with Gasteiger partial charge in [0.1, 0.15) is 0 Å². The molecule has 1 saturated carbocycles. The Morgan fingerprint density at radius 2 is 2.32 bits per heavy atom. The third kappa shape index (κ3) is 2.93. The average molecular weight is 258 g/mol. The van der Waals surface area contributed by atoms with Gasteiger partial charge >= 0.3 is 0 Å². The molecule has 1 aromatic heterocycles. The van der Waals surface area contributed by atoms with Crippen LogP contribution in [0.4, 0.5) is 0 Å². The van der Waals surface area contributed by atoms with Crippen molar-refractivity contribution < 1.29 is 4.79 Å². The van der Waals surface area contributed by atoms with Gasteiger partial charge in [-0.3, -0.25) is 4.79 Å². The fourth-order valence-electron chi connectivity index (χ4n) is 2.08. The minimum atomic E-state index is 0.0491. The summed E-state index contributed by atoms with van der Waals surface area (Å²) in [6.07, 6.45) is 4.19. The van der Waals surface area contributed by atoms with Crippen molar-refractivity contribution in [2.75, 3.05) is 6.54 Å². The smallest absolute Gasteiger partial charge is 0.234 e. The summed E-state index contributed by atoms with van der Waals surface area (Å²) in [6, 6.07) is 6.64. The van der Waals surface area contributed by atoms with Crippen LogP contribution in [0.5, 0.6) is 0 Å². The first kappa shape index (κ1) is 12.2. The number of hydrogen-bond donors (Lipinski definition) is 2. The summed E-state index contributed by atoms with van der Waals surface area (Å²) in [5.74, 6) is 0.0491. The lowest BCUT2D eigenvalue weighted by Crippen LogP contribution is -2.34. The van der Waals surface area contributed by atoms with Crippen LogP contribution < -0.4 is 10.6 Å². The number of amides is 1. The normalized spacial score (nSPS) is 14.8. The third-order valence-electron chi connectivity index (χ3n) is 3.41. The lowest BCUT2D eigenvalue weighted by Gasteiger charge is -2.06. The van der Waals surface area contributed by atoms with E-state index in [1.54, 1.807) is 6.33 Å². The first-order valence-corrected chi connectivity index (χ1v) is 6.62. The molecular formula is C14H18N4O. The van der Waals surface area contributed by atoms with Gasteiger partial charge in [-0.1, -0.05) is 6.07 Å². The molecule has 100 valence electrons. The van der Waals surface area contributed by atoms with Crippen molar-refractivity contribution in [1.82, 2.24) is 20.2 Å². The fraction of sp³-hybridized carbons (Fsp3) is 0.429. The van der Waals surface area contributed by atoms with Gasteiger partial charge in [0.25, 0.3) is 0 Å². The van der Waals surface area contributed by atoms with Gasteiger partial charge in [0, 0.05) is 19.6 Å². The van der Waals surface area contributed by atoms with Crippen LogP contribution >= 0.6 is 0 Å². The van der Waals surface area contributed by atoms with Crippen LogP contribution in [0, 0.1) is 0 Å². The van der Waals surface area contributed by atoms with Crippen molar-refractivity contribution >= 4 is 16.9 Å². The summed E-state index contributed by atoms with van der Waals surface area (Å²) in [7, 11) is 1.97. The Kier molecular flexibility index (Phi) is 3.21. The molecule has 0 spiro atoms. The number of rotatable bonds is 5. The number of nitrogens with zero attached hydrogens (tertiary/aromatic N) is 2. The lowest BCUT2D eigenvalue weighted by atomic mass is 10.2. The predicted molar refractivity (Wildman–Crippen MR) is 73.6 cm³/mol. The number of fused-ring (bicyclic) bond motifs is 1. The van der Waals surface area contributed by atoms with Crippen molar-refractivity contribution in [3.63, 3.8) is 0 Å². The van der Waals surface area contributed by atoms with Crippen molar-refractivity contribution in [1.29, 1.82) is 0 Å². The lowest BCUT2D eigenvalue weighted by molar-refractivity contribution is -0.120. The summed E-state index contributed by atoms with van der Waals surface area (Å²) < 4.78 is 1.98. The molecule has 1 aliphatic rings. The highest BCUT2D eigenvalue weighted by atomic mass is 16.1. The molecule has 2 N–H and O–H groups in total. The Bertz CT molecular complexity index is 601. The molecule has 0 atom stereocenters. The first-order chi connectivity index (χ1) is 9.22. The van der Waals surface area contributed by atoms with E-state index in [1.165, 1.54) is 12.8 Å². The molecule has 0 saturated heterocycles. The minimum absolute atomic E-state index is 0.0491. The Balaban J connectivity index is 1.56. The van der Waals surface area contributed by atoms with Gasteiger partial charge in [0.05, 0.1) is 23.9 Å². The largest absolute Gasteiger partial charge is 0.351 e. The maximum Gasteiger partial charge on any atom is 0.234 e. The van der Waals surface area contributed by atoms with Gasteiger partial charge in [-0.25, -0.2) is 4.98 Å². The quantitative estimate of drug-likeness (QED) is 0.839. The SMILES string of the molecule is Cn1cnc2cc(CNC(=O)CNC3CC3)ccc21. The van der Waals surface area contributed by atoms with Crippen LogP contribution in [0.25, 0.3) is 11.0 Å². The second-order valence-electron chi connectivity index (χ2n) is 5.11. The van der Waals surface area contributed by atoms with E-state index in [0.29, 0.717) is 19.1 Å². The van der Waals surface area contributed by atoms with Crippen molar-refractivity contribution in [3.05, 3.63) is 30.1 Å². The second-order valence-corrected chi connectivity index (χ2v) is 5.11. The van der Waals surface area contributed by atoms with Crippen LogP contribution in [0.1, 0.15) is 18.4 Å². The van der Waals surface area contributed by atoms with Crippen LogP contribution in [-0.4, -0.2) is 28.0 Å². The van der Waals surface area contributed by atoms with E-state index in [9.17, 15) is 4.79 Å². The summed E-state index contributed by atoms with van der Waals surface area (Å²) >= 11 is 0. The number of carbonyl (C=O) groups excluding carboxylic acids is 1. The molecule has 0 bridgehead atoms. The Labute approximate surface area is 112 Å². The molecule has 3 rings (SSSR count). The average Bonchev–Trinajstić information content (AvgIpc) is 3.18. The molecule has 1 heterocycles. The van der Waals surface area contributed by atoms with Gasteiger partial charge < -0.3 is 15.2 Å². The number of aromatic nitrogens is 2. The van der Waals surface area contributed by atoms with Gasteiger partial charge in [-0.15, -0.1) is 0 Å². The van der Waals surface area contributed by atoms with Crippen LogP contribution in [0.15, 0.2) is 24.5 Å². The highest BCUT2D eigenvalue weighted by molar-refractivity contribution is 5.79. The number of carbonyl (C=O) groups is 1. The fourth-order valence-corrected chi connectivity index (χ4v) is 2.08. The number of benzene rings is 1. The second kappa shape index (κ2) is 5.01. The van der Waals surface area contributed by atoms with E-state index >= 15 is 0 Å². The number of hydrogen-bond acceptors (Lipinski definition) is 3. The molecule has 19 heavy (non-hydrogen) atoms. The molecule has 1 fully saturated rings. The molecule has 0 aliphatic heterocycles. The summed E-state index contributed by atoms with van der Waals surface area (Å²) in [4.78, 5) is 15.9. The van der Waals surface area contributed by atoms with Crippen molar-refractivity contribution in [2.45, 2.75) is 25.4 Å². The van der Waals surface area contributed by atoms with Crippen LogP contribution in [-0.2, 0) is 18.4 Å². The van der Waals surface area contributed by atoms with Crippen molar-refractivity contribution in [2.24, 2.45) is 7.05 Å². The zero-order valence-electron chi connectivity index (χ0n) is 11.0. The molecule has 1 aliphatic carbocycles. The molecule has 5 heteroatoms. The minimum Gasteiger partial charge on any atom is -0.351 e. The summed E-state index contributed by atoms with van der Waals surface area (Å²) in [5.41, 5.74) is 3.14. The summed E-state index contributed by atoms with van der Waals surface area (Å²) in [5, 5.41) is 6.12. The highest BCUT2D eigenvalue weighted by Crippen LogP contribution is 2.18. The van der Waals surface area contributed by atoms with E-state index in [1.807, 2.05) is 29.8 Å². The van der Waals surface area contributed by atoms with E-state index in [-0.39, 0.29) is 5.91 Å². The Morgan fingerprint density at radius 1 is 1.47 bits per heavy atom. The Hall–Kier alpha value is -1.88. The van der Waals surface area contributed by atoms with E-state index in [2.05, 4.69) is 15.6 Å². The number of imidazole rings is 1. The predicted octanol–water partition coefficient (Wildman–Crippen LogP) is 0.941. The first-order valence-electron chi connectivity index (χ1n) is 6.62.